The van der Waals surface area contributed by atoms with Crippen molar-refractivity contribution in [3.05, 3.63) is 15.8 Å². The van der Waals surface area contributed by atoms with E-state index in [-0.39, 0.29) is 16.7 Å². The molecule has 0 radical (unpaired) electrons. The Kier molecular flexibility index (Phi) is 4.07. The molecule has 1 heterocycles. The summed E-state index contributed by atoms with van der Waals surface area (Å²) in [5.41, 5.74) is 0.612. The van der Waals surface area contributed by atoms with Crippen LogP contribution in [0.5, 0.6) is 0 Å². The predicted molar refractivity (Wildman–Crippen MR) is 74.3 cm³/mol. The number of nitrogens with one attached hydrogen (secondary N) is 1. The van der Waals surface area contributed by atoms with E-state index in [0.717, 1.165) is 6.42 Å². The first-order chi connectivity index (χ1) is 9.04. The third kappa shape index (κ3) is 2.72. The second kappa shape index (κ2) is 5.59. The Morgan fingerprint density at radius 3 is 2.74 bits per heavy atom. The van der Waals surface area contributed by atoms with Crippen molar-refractivity contribution in [2.45, 2.75) is 59.0 Å². The molecule has 0 bridgehead atoms. The van der Waals surface area contributed by atoms with E-state index in [0.29, 0.717) is 24.0 Å². The van der Waals surface area contributed by atoms with Gasteiger partial charge < -0.3 is 5.32 Å². The summed E-state index contributed by atoms with van der Waals surface area (Å²) < 4.78 is 1.74. The van der Waals surface area contributed by atoms with Crippen molar-refractivity contribution in [2.24, 2.45) is 5.92 Å². The highest BCUT2D eigenvalue weighted by Crippen LogP contribution is 2.34. The lowest BCUT2D eigenvalue weighted by atomic mass is 9.80. The van der Waals surface area contributed by atoms with Gasteiger partial charge in [0.1, 0.15) is 5.69 Å². The number of nitrogens with zero attached hydrogens (tertiary/aromatic N) is 3. The molecule has 1 N–H and O–H groups in total. The molecule has 106 valence electrons. The van der Waals surface area contributed by atoms with Crippen LogP contribution in [0.25, 0.3) is 0 Å². The molecule has 6 heteroatoms. The van der Waals surface area contributed by atoms with E-state index < -0.39 is 0 Å². The van der Waals surface area contributed by atoms with Crippen LogP contribution < -0.4 is 5.32 Å². The van der Waals surface area contributed by atoms with E-state index in [2.05, 4.69) is 17.3 Å². The van der Waals surface area contributed by atoms with Gasteiger partial charge in [0.2, 0.25) is 5.82 Å². The predicted octanol–water partition coefficient (Wildman–Crippen LogP) is 3.11. The second-order valence-electron chi connectivity index (χ2n) is 5.39. The number of hydrogen-bond donors (Lipinski definition) is 1. The lowest BCUT2D eigenvalue weighted by Crippen LogP contribution is -2.32. The van der Waals surface area contributed by atoms with Crippen molar-refractivity contribution >= 4 is 11.5 Å². The molecule has 1 fully saturated rings. The van der Waals surface area contributed by atoms with E-state index in [1.54, 1.807) is 11.6 Å². The van der Waals surface area contributed by atoms with Crippen LogP contribution in [-0.2, 0) is 6.54 Å². The maximum Gasteiger partial charge on any atom is 0.333 e. The van der Waals surface area contributed by atoms with Gasteiger partial charge in [-0.05, 0) is 39.0 Å². The minimum Gasteiger partial charge on any atom is -0.362 e. The number of aromatic nitrogens is 2. The molecule has 0 aromatic carbocycles. The highest BCUT2D eigenvalue weighted by atomic mass is 16.6. The monoisotopic (exact) mass is 266 g/mol. The van der Waals surface area contributed by atoms with Crippen LogP contribution in [0.4, 0.5) is 11.5 Å². The molecule has 0 spiro atoms. The second-order valence-corrected chi connectivity index (χ2v) is 5.39. The van der Waals surface area contributed by atoms with Crippen LogP contribution in [0.2, 0.25) is 0 Å². The maximum absolute atomic E-state index is 11.2. The molecule has 0 saturated heterocycles. The number of anilines is 1. The van der Waals surface area contributed by atoms with Gasteiger partial charge in [0.25, 0.3) is 0 Å². The normalized spacial score (nSPS) is 17.0. The first kappa shape index (κ1) is 13.8. The Bertz CT molecular complexity index is 465. The Labute approximate surface area is 113 Å². The molecule has 1 aliphatic carbocycles. The SMILES string of the molecule is CCCn1nc(C)c([N+](=O)[O-])c1NC(C)C1CCC1. The molecular formula is C13H22N4O2. The maximum atomic E-state index is 11.2. The molecule has 0 amide bonds. The van der Waals surface area contributed by atoms with Crippen LogP contribution in [0, 0.1) is 23.0 Å². The summed E-state index contributed by atoms with van der Waals surface area (Å²) in [7, 11) is 0. The Morgan fingerprint density at radius 2 is 2.26 bits per heavy atom. The zero-order valence-corrected chi connectivity index (χ0v) is 11.8. The lowest BCUT2D eigenvalue weighted by Gasteiger charge is -2.32. The smallest absolute Gasteiger partial charge is 0.333 e. The van der Waals surface area contributed by atoms with E-state index in [4.69, 9.17) is 0 Å². The molecule has 1 atom stereocenters. The third-order valence-corrected chi connectivity index (χ3v) is 3.94. The highest BCUT2D eigenvalue weighted by molar-refractivity contribution is 5.60. The molecule has 2 rings (SSSR count). The van der Waals surface area contributed by atoms with Crippen molar-refractivity contribution < 1.29 is 4.92 Å². The number of rotatable bonds is 6. The minimum absolute atomic E-state index is 0.125. The molecule has 0 aliphatic heterocycles. The van der Waals surface area contributed by atoms with Crippen LogP contribution in [0.1, 0.15) is 45.2 Å². The highest BCUT2D eigenvalue weighted by Gasteiger charge is 2.30. The van der Waals surface area contributed by atoms with Crippen molar-refractivity contribution in [2.75, 3.05) is 5.32 Å². The Balaban J connectivity index is 2.26. The van der Waals surface area contributed by atoms with Crippen molar-refractivity contribution in [1.29, 1.82) is 0 Å². The standard InChI is InChI=1S/C13H22N4O2/c1-4-8-16-13(12(17(18)19)10(3)15-16)14-9(2)11-6-5-7-11/h9,11,14H,4-8H2,1-3H3. The van der Waals surface area contributed by atoms with Crippen LogP contribution >= 0.6 is 0 Å². The lowest BCUT2D eigenvalue weighted by molar-refractivity contribution is -0.384. The fraction of sp³-hybridized carbons (Fsp3) is 0.769. The fourth-order valence-corrected chi connectivity index (χ4v) is 2.58. The summed E-state index contributed by atoms with van der Waals surface area (Å²) in [5.74, 6) is 1.20. The minimum atomic E-state index is -0.329. The van der Waals surface area contributed by atoms with Crippen LogP contribution in [0.15, 0.2) is 0 Å². The van der Waals surface area contributed by atoms with Gasteiger partial charge in [-0.15, -0.1) is 0 Å². The molecule has 1 aliphatic rings. The van der Waals surface area contributed by atoms with Gasteiger partial charge in [-0.3, -0.25) is 10.1 Å². The van der Waals surface area contributed by atoms with Gasteiger partial charge in [-0.25, -0.2) is 4.68 Å². The summed E-state index contributed by atoms with van der Waals surface area (Å²) >= 11 is 0. The average Bonchev–Trinajstić information content (AvgIpc) is 2.52. The summed E-state index contributed by atoms with van der Waals surface area (Å²) in [5, 5.41) is 18.8. The van der Waals surface area contributed by atoms with Crippen LogP contribution in [0.3, 0.4) is 0 Å². The van der Waals surface area contributed by atoms with Crippen LogP contribution in [-0.4, -0.2) is 20.7 Å². The van der Waals surface area contributed by atoms with Gasteiger partial charge in [0, 0.05) is 12.6 Å². The van der Waals surface area contributed by atoms with Gasteiger partial charge >= 0.3 is 5.69 Å². The zero-order valence-electron chi connectivity index (χ0n) is 11.8. The number of nitro groups is 1. The summed E-state index contributed by atoms with van der Waals surface area (Å²) in [6.45, 7) is 6.55. The number of hydrogen-bond acceptors (Lipinski definition) is 4. The Hall–Kier alpha value is -1.59. The van der Waals surface area contributed by atoms with Crippen molar-refractivity contribution in [1.82, 2.24) is 9.78 Å². The van der Waals surface area contributed by atoms with Gasteiger partial charge in [0.15, 0.2) is 0 Å². The average molecular weight is 266 g/mol. The topological polar surface area (TPSA) is 73.0 Å². The largest absolute Gasteiger partial charge is 0.362 e. The van der Waals surface area contributed by atoms with E-state index in [1.807, 2.05) is 6.92 Å². The van der Waals surface area contributed by atoms with E-state index in [9.17, 15) is 10.1 Å². The van der Waals surface area contributed by atoms with E-state index in [1.165, 1.54) is 19.3 Å². The number of aryl methyl sites for hydroxylation is 2. The van der Waals surface area contributed by atoms with Gasteiger partial charge in [-0.2, -0.15) is 5.10 Å². The molecule has 1 unspecified atom stereocenters. The van der Waals surface area contributed by atoms with Gasteiger partial charge in [0.05, 0.1) is 4.92 Å². The third-order valence-electron chi connectivity index (χ3n) is 3.94. The molecular weight excluding hydrogens is 244 g/mol. The molecule has 1 aromatic heterocycles. The van der Waals surface area contributed by atoms with Gasteiger partial charge in [-0.1, -0.05) is 13.3 Å². The molecule has 19 heavy (non-hydrogen) atoms. The zero-order chi connectivity index (χ0) is 14.0. The van der Waals surface area contributed by atoms with Crippen molar-refractivity contribution in [3.8, 4) is 0 Å². The fourth-order valence-electron chi connectivity index (χ4n) is 2.58. The first-order valence-electron chi connectivity index (χ1n) is 7.03. The Morgan fingerprint density at radius 1 is 1.58 bits per heavy atom. The summed E-state index contributed by atoms with van der Waals surface area (Å²) in [6, 6.07) is 0.263. The summed E-state index contributed by atoms with van der Waals surface area (Å²) in [4.78, 5) is 10.9. The quantitative estimate of drug-likeness (QED) is 0.634. The van der Waals surface area contributed by atoms with Crippen molar-refractivity contribution in [3.63, 3.8) is 0 Å². The molecule has 6 nitrogen and oxygen atoms in total. The molecule has 1 aromatic rings. The van der Waals surface area contributed by atoms with E-state index >= 15 is 0 Å². The first-order valence-corrected chi connectivity index (χ1v) is 7.03. The molecule has 1 saturated carbocycles. The summed E-state index contributed by atoms with van der Waals surface area (Å²) in [6.07, 6.45) is 4.60.